The van der Waals surface area contributed by atoms with Gasteiger partial charge in [0.05, 0.1) is 0 Å². The minimum Gasteiger partial charge on any atom is -0.0998 e. The summed E-state index contributed by atoms with van der Waals surface area (Å²) in [5, 5.41) is 0. The zero-order chi connectivity index (χ0) is 11.0. The molecule has 0 aliphatic heterocycles. The molecule has 0 heteroatoms. The van der Waals surface area contributed by atoms with Crippen LogP contribution in [-0.4, -0.2) is 0 Å². The molecule has 0 aromatic rings. The van der Waals surface area contributed by atoms with Crippen molar-refractivity contribution in [2.75, 3.05) is 0 Å². The highest BCUT2D eigenvalue weighted by Gasteiger charge is 2.21. The van der Waals surface area contributed by atoms with Crippen LogP contribution in [-0.2, 0) is 0 Å². The summed E-state index contributed by atoms with van der Waals surface area (Å²) in [4.78, 5) is 0. The molecule has 82 valence electrons. The summed E-state index contributed by atoms with van der Waals surface area (Å²) in [6.07, 6.45) is 9.76. The number of rotatable bonds is 3. The number of hydrogen-bond acceptors (Lipinski definition) is 0. The van der Waals surface area contributed by atoms with Gasteiger partial charge in [0.2, 0.25) is 0 Å². The van der Waals surface area contributed by atoms with E-state index in [1.807, 2.05) is 0 Å². The summed E-state index contributed by atoms with van der Waals surface area (Å²) >= 11 is 0. The Morgan fingerprint density at radius 2 is 1.93 bits per heavy atom. The summed E-state index contributed by atoms with van der Waals surface area (Å²) in [6.45, 7) is 12.7. The van der Waals surface area contributed by atoms with Crippen molar-refractivity contribution in [3.8, 4) is 0 Å². The van der Waals surface area contributed by atoms with Crippen molar-refractivity contribution in [1.82, 2.24) is 0 Å². The molecule has 1 aliphatic carbocycles. The molecule has 0 amide bonds. The van der Waals surface area contributed by atoms with Gasteiger partial charge in [-0.15, -0.1) is 0 Å². The van der Waals surface area contributed by atoms with E-state index in [-0.39, 0.29) is 0 Å². The van der Waals surface area contributed by atoms with Gasteiger partial charge in [0.1, 0.15) is 0 Å². The highest BCUT2D eigenvalue weighted by Crippen LogP contribution is 2.33. The monoisotopic (exact) mass is 194 g/mol. The fraction of sp³-hybridized carbons (Fsp3) is 0.714. The molecule has 0 saturated heterocycles. The van der Waals surface area contributed by atoms with Gasteiger partial charge in [0, 0.05) is 0 Å². The van der Waals surface area contributed by atoms with E-state index in [0.717, 1.165) is 11.8 Å². The van der Waals surface area contributed by atoms with Crippen LogP contribution in [0, 0.1) is 11.8 Å². The molecule has 0 bridgehead atoms. The van der Waals surface area contributed by atoms with Crippen molar-refractivity contribution in [3.05, 3.63) is 24.3 Å². The highest BCUT2D eigenvalue weighted by molar-refractivity contribution is 5.12. The minimum atomic E-state index is 0.745. The van der Waals surface area contributed by atoms with Gasteiger partial charge in [0.15, 0.2) is 0 Å². The fourth-order valence-electron chi connectivity index (χ4n) is 1.91. The van der Waals surface area contributed by atoms with Gasteiger partial charge in [-0.2, -0.15) is 0 Å². The van der Waals surface area contributed by atoms with E-state index in [9.17, 15) is 0 Å². The molecule has 0 nitrogen and oxygen atoms in total. The summed E-state index contributed by atoms with van der Waals surface area (Å²) in [5.74, 6) is 1.53. The average Bonchev–Trinajstić information content (AvgIpc) is 2.54. The van der Waals surface area contributed by atoms with Crippen LogP contribution < -0.4 is 0 Å². The molecule has 0 spiro atoms. The van der Waals surface area contributed by atoms with E-state index in [2.05, 4.69) is 46.4 Å². The van der Waals surface area contributed by atoms with Gasteiger partial charge in [-0.1, -0.05) is 57.9 Å². The van der Waals surface area contributed by atoms with Gasteiger partial charge >= 0.3 is 0 Å². The zero-order valence-corrected chi connectivity index (χ0v) is 10.3. The first-order chi connectivity index (χ1) is 6.67. The molecule has 0 saturated carbocycles. The molecular formula is C14H26. The Kier molecular flexibility index (Phi) is 7.55. The van der Waals surface area contributed by atoms with E-state index < -0.39 is 0 Å². The second kappa shape index (κ2) is 7.84. The average molecular weight is 194 g/mol. The standard InChI is InChI=1S/C11H18.C3H8/c1-4-6-10-7-5-8-11(10)9(2)3;1-3-2/h5,7,10-11H,2,4,6,8H2,1,3H3;3H2,1-2H3. The first kappa shape index (κ1) is 13.5. The Hall–Kier alpha value is -0.520. The van der Waals surface area contributed by atoms with E-state index in [1.54, 1.807) is 0 Å². The Labute approximate surface area is 90.1 Å². The SMILES string of the molecule is C=C(C)C1CC=CC1CCC.CCC. The van der Waals surface area contributed by atoms with Crippen molar-refractivity contribution in [2.45, 2.75) is 53.4 Å². The van der Waals surface area contributed by atoms with Crippen LogP contribution in [0.25, 0.3) is 0 Å². The maximum absolute atomic E-state index is 4.03. The summed E-state index contributed by atoms with van der Waals surface area (Å²) < 4.78 is 0. The van der Waals surface area contributed by atoms with E-state index >= 15 is 0 Å². The third kappa shape index (κ3) is 4.64. The molecule has 2 atom stereocenters. The topological polar surface area (TPSA) is 0 Å². The van der Waals surface area contributed by atoms with E-state index in [0.29, 0.717) is 0 Å². The van der Waals surface area contributed by atoms with E-state index in [4.69, 9.17) is 0 Å². The molecule has 2 unspecified atom stereocenters. The van der Waals surface area contributed by atoms with Crippen LogP contribution in [0.15, 0.2) is 24.3 Å². The smallest absolute Gasteiger partial charge is 0.0111 e. The minimum absolute atomic E-state index is 0.745. The largest absolute Gasteiger partial charge is 0.0998 e. The Balaban J connectivity index is 0.000000500. The Bertz CT molecular complexity index is 176. The van der Waals surface area contributed by atoms with Gasteiger partial charge in [-0.3, -0.25) is 0 Å². The number of hydrogen-bond donors (Lipinski definition) is 0. The Morgan fingerprint density at radius 3 is 2.36 bits per heavy atom. The molecule has 0 heterocycles. The van der Waals surface area contributed by atoms with Crippen LogP contribution in [0.4, 0.5) is 0 Å². The summed E-state index contributed by atoms with van der Waals surface area (Å²) in [5.41, 5.74) is 1.36. The predicted octanol–water partition coefficient (Wildman–Crippen LogP) is 4.97. The maximum Gasteiger partial charge on any atom is -0.0111 e. The van der Waals surface area contributed by atoms with Crippen molar-refractivity contribution in [1.29, 1.82) is 0 Å². The van der Waals surface area contributed by atoms with Crippen LogP contribution in [0.1, 0.15) is 53.4 Å². The fourth-order valence-corrected chi connectivity index (χ4v) is 1.91. The first-order valence-electron chi connectivity index (χ1n) is 5.99. The van der Waals surface area contributed by atoms with Gasteiger partial charge in [0.25, 0.3) is 0 Å². The second-order valence-corrected chi connectivity index (χ2v) is 4.28. The lowest BCUT2D eigenvalue weighted by Crippen LogP contribution is -2.08. The molecular weight excluding hydrogens is 168 g/mol. The third-order valence-corrected chi connectivity index (χ3v) is 2.55. The van der Waals surface area contributed by atoms with Crippen LogP contribution in [0.5, 0.6) is 0 Å². The van der Waals surface area contributed by atoms with Crippen molar-refractivity contribution in [2.24, 2.45) is 11.8 Å². The molecule has 1 aliphatic rings. The third-order valence-electron chi connectivity index (χ3n) is 2.55. The van der Waals surface area contributed by atoms with Crippen molar-refractivity contribution >= 4 is 0 Å². The van der Waals surface area contributed by atoms with Crippen molar-refractivity contribution < 1.29 is 0 Å². The van der Waals surface area contributed by atoms with Crippen LogP contribution in [0.3, 0.4) is 0 Å². The van der Waals surface area contributed by atoms with Crippen LogP contribution >= 0.6 is 0 Å². The van der Waals surface area contributed by atoms with Gasteiger partial charge < -0.3 is 0 Å². The number of allylic oxidation sites excluding steroid dienone is 3. The molecule has 14 heavy (non-hydrogen) atoms. The summed E-state index contributed by atoms with van der Waals surface area (Å²) in [6, 6.07) is 0. The second-order valence-electron chi connectivity index (χ2n) is 4.28. The van der Waals surface area contributed by atoms with E-state index in [1.165, 1.54) is 31.3 Å². The van der Waals surface area contributed by atoms with Crippen molar-refractivity contribution in [3.63, 3.8) is 0 Å². The highest BCUT2D eigenvalue weighted by atomic mass is 14.3. The summed E-state index contributed by atoms with van der Waals surface area (Å²) in [7, 11) is 0. The molecule has 0 aromatic heterocycles. The molecule has 1 rings (SSSR count). The van der Waals surface area contributed by atoms with Gasteiger partial charge in [-0.25, -0.2) is 0 Å². The maximum atomic E-state index is 4.03. The normalized spacial score (nSPS) is 24.3. The first-order valence-corrected chi connectivity index (χ1v) is 5.99. The molecule has 0 N–H and O–H groups in total. The molecule has 0 fully saturated rings. The lowest BCUT2D eigenvalue weighted by Gasteiger charge is -2.18. The quantitative estimate of drug-likeness (QED) is 0.556. The molecule has 0 radical (unpaired) electrons. The predicted molar refractivity (Wildman–Crippen MR) is 66.4 cm³/mol. The molecule has 0 aromatic carbocycles. The Morgan fingerprint density at radius 1 is 1.36 bits per heavy atom. The zero-order valence-electron chi connectivity index (χ0n) is 10.3. The lowest BCUT2D eigenvalue weighted by atomic mass is 9.87. The van der Waals surface area contributed by atoms with Crippen LogP contribution in [0.2, 0.25) is 0 Å². The van der Waals surface area contributed by atoms with Gasteiger partial charge in [-0.05, 0) is 31.6 Å². The lowest BCUT2D eigenvalue weighted by molar-refractivity contribution is 0.452.